The van der Waals surface area contributed by atoms with E-state index in [9.17, 15) is 8.78 Å². The van der Waals surface area contributed by atoms with Gasteiger partial charge >= 0.3 is 0 Å². The average Bonchev–Trinajstić information content (AvgIpc) is 1.59. The zero-order valence-electron chi connectivity index (χ0n) is 80.0. The van der Waals surface area contributed by atoms with E-state index in [0.29, 0.717) is 58.8 Å². The van der Waals surface area contributed by atoms with E-state index in [1.165, 1.54) is 195 Å². The quantitative estimate of drug-likeness (QED) is 0.171. The van der Waals surface area contributed by atoms with Crippen LogP contribution in [0.5, 0.6) is 0 Å². The number of hydrogen-bond donors (Lipinski definition) is 0. The molecule has 2 fully saturated rings. The van der Waals surface area contributed by atoms with Gasteiger partial charge in [-0.1, -0.05) is 414 Å². The van der Waals surface area contributed by atoms with Crippen molar-refractivity contribution in [1.29, 1.82) is 0 Å². The Bertz CT molecular complexity index is 6330. The highest BCUT2D eigenvalue weighted by Gasteiger charge is 2.45. The number of rotatable bonds is 5. The van der Waals surface area contributed by atoms with Gasteiger partial charge in [0.2, 0.25) is 0 Å². The van der Waals surface area contributed by atoms with Gasteiger partial charge in [0.1, 0.15) is 0 Å². The topological polar surface area (TPSA) is 18.5 Å². The largest absolute Gasteiger partial charge is 0.375 e. The number of benzene rings is 16. The minimum Gasteiger partial charge on any atom is -0.375 e. The summed E-state index contributed by atoms with van der Waals surface area (Å²) in [5.41, 5.74) is 45.9. The molecule has 0 bridgehead atoms. The molecule has 130 heavy (non-hydrogen) atoms. The van der Waals surface area contributed by atoms with Crippen LogP contribution in [0, 0.1) is 94.9 Å². The van der Waals surface area contributed by atoms with Gasteiger partial charge in [0.05, 0.1) is 25.4 Å². The second-order valence-electron chi connectivity index (χ2n) is 38.8. The maximum absolute atomic E-state index is 14.3. The molecule has 2 heterocycles. The van der Waals surface area contributed by atoms with E-state index in [-0.39, 0.29) is 16.5 Å². The third-order valence-corrected chi connectivity index (χ3v) is 28.5. The molecule has 2 aliphatic heterocycles. The summed E-state index contributed by atoms with van der Waals surface area (Å²) in [6.45, 7) is 45.5. The molecule has 2 saturated heterocycles. The first-order valence-electron chi connectivity index (χ1n) is 47.2. The third-order valence-electron chi connectivity index (χ3n) is 28.5. The second kappa shape index (κ2) is 38.5. The number of halogens is 2. The van der Waals surface area contributed by atoms with Crippen molar-refractivity contribution >= 4 is 21.5 Å². The van der Waals surface area contributed by atoms with Gasteiger partial charge in [-0.15, -0.1) is 0 Å². The minimum atomic E-state index is -2.86. The van der Waals surface area contributed by atoms with Crippen LogP contribution in [0.15, 0.2) is 315 Å². The molecule has 0 aromatic heterocycles. The van der Waals surface area contributed by atoms with Crippen LogP contribution < -0.4 is 0 Å². The summed E-state index contributed by atoms with van der Waals surface area (Å²) in [5.74, 6) is 0.615. The van der Waals surface area contributed by atoms with Crippen LogP contribution in [0.4, 0.5) is 8.78 Å². The van der Waals surface area contributed by atoms with Crippen molar-refractivity contribution in [2.45, 2.75) is 199 Å². The Morgan fingerprint density at radius 1 is 0.308 bits per heavy atom. The molecule has 658 valence electrons. The van der Waals surface area contributed by atoms with Crippen molar-refractivity contribution < 1.29 is 18.3 Å². The molecular formula is C126H128F2O2. The highest BCUT2D eigenvalue weighted by atomic mass is 19.3. The summed E-state index contributed by atoms with van der Waals surface area (Å²) >= 11 is 0. The Morgan fingerprint density at radius 3 is 0.946 bits per heavy atom. The monoisotopic (exact) mass is 1710 g/mol. The third kappa shape index (κ3) is 18.7. The van der Waals surface area contributed by atoms with E-state index in [4.69, 9.17) is 9.47 Å². The van der Waals surface area contributed by atoms with E-state index >= 15 is 0 Å². The predicted octanol–water partition coefficient (Wildman–Crippen LogP) is 34.1. The first-order chi connectivity index (χ1) is 62.4. The Balaban J connectivity index is 0.000000109. The maximum atomic E-state index is 14.3. The molecular weight excluding hydrogens is 1580 g/mol. The van der Waals surface area contributed by atoms with Crippen LogP contribution in [0.1, 0.15) is 219 Å². The van der Waals surface area contributed by atoms with Crippen molar-refractivity contribution in [3.8, 4) is 66.8 Å². The first-order valence-corrected chi connectivity index (χ1v) is 47.2. The predicted molar refractivity (Wildman–Crippen MR) is 548 cm³/mol. The van der Waals surface area contributed by atoms with E-state index in [2.05, 4.69) is 404 Å². The second-order valence-corrected chi connectivity index (χ2v) is 38.8. The Morgan fingerprint density at radius 2 is 0.592 bits per heavy atom. The molecule has 0 spiro atoms. The fourth-order valence-electron chi connectivity index (χ4n) is 21.1. The standard InChI is InChI=1S/C22H18.2C17H18.C16H16.C16H18.C15H12F2.C15H14.C8H14O2/c1-15-11-13-17-7-3-5-9-19(17)21(15)22-16(2)12-14-18-8-4-6-10-20(18)22;1-11-5-7-13-14-8-6-12(2)10-16(14)17(3,4)15(13)9-11;1-4-13-16-9-11(2)5-7-14(16)15-8-6-12(3)10-17(13)15;1-10-4-6-13-14-7-5-11(2)9-16(14)12(3)15(13)8-10;1-13(15-9-5-3-6-10-15)14(2)16-11-7-4-8-12-16;1-9-3-5-11-12-6-4-10(2)8-14(12)15(16,17)13(11)7-9;1-10-3-5-14-12(7-10)9-13-8-11(2)4-6-15(13)14;1-5-3-9-8-6(2)4-10-7(5)8/h3-14H,1-2H3;5-10H,1-4H3;5-10,13H,4H2,1-3H3;4-9,12H,1-3H3;3-14H,1-2H3;3-8H,1-2H3;3-8H,9H2,1-2H3;5-8H,3-4H2,1-2H3/t;;;;13-,14-;;;5-,6+,7-,8-/m....0..1/s1. The van der Waals surface area contributed by atoms with Gasteiger partial charge in [-0.25, -0.2) is 0 Å². The van der Waals surface area contributed by atoms with Crippen molar-refractivity contribution in [2.75, 3.05) is 13.2 Å². The number of fused-ring (bicyclic) bond motifs is 18. The Hall–Kier alpha value is -12.2. The molecule has 7 aliphatic rings. The summed E-state index contributed by atoms with van der Waals surface area (Å²) in [6.07, 6.45) is 3.09. The molecule has 23 rings (SSSR count). The van der Waals surface area contributed by atoms with Gasteiger partial charge in [-0.3, -0.25) is 0 Å². The summed E-state index contributed by atoms with van der Waals surface area (Å²) in [7, 11) is 0. The van der Waals surface area contributed by atoms with Gasteiger partial charge < -0.3 is 9.47 Å². The number of hydrogen-bond acceptors (Lipinski definition) is 2. The molecule has 0 N–H and O–H groups in total. The molecule has 0 unspecified atom stereocenters. The minimum absolute atomic E-state index is 0.137. The highest BCUT2D eigenvalue weighted by molar-refractivity contribution is 6.08. The highest BCUT2D eigenvalue weighted by Crippen LogP contribution is 2.54. The fourth-order valence-corrected chi connectivity index (χ4v) is 21.1. The number of aryl methyl sites for hydroxylation is 12. The van der Waals surface area contributed by atoms with E-state index in [1.807, 2.05) is 26.0 Å². The SMILES string of the molecule is CCC1c2cc(C)ccc2-c2ccc(C)cc21.C[C@@H]1CO[C@H]2[C@@H]1OC[C@@H]2C.C[C@H](c1ccccc1)[C@H](C)c1ccccc1.Cc1ccc2c(c1)C(C)(C)c1cc(C)ccc1-2.Cc1ccc2c(c1)C(C)c1cc(C)ccc1-2.Cc1ccc2c(c1)C(F)(F)c1cc(C)ccc1-2.Cc1ccc2c(c1)Cc1cc(C)ccc1-2.Cc1ccc2ccccc2c1-c1c(C)ccc2ccccc12. The van der Waals surface area contributed by atoms with Crippen LogP contribution in [-0.2, 0) is 27.2 Å². The van der Waals surface area contributed by atoms with Gasteiger partial charge in [0, 0.05) is 40.2 Å². The van der Waals surface area contributed by atoms with Crippen LogP contribution in [-0.4, -0.2) is 25.4 Å². The smallest absolute Gasteiger partial charge is 0.299 e. The lowest BCUT2D eigenvalue weighted by Crippen LogP contribution is -2.23. The van der Waals surface area contributed by atoms with Crippen molar-refractivity contribution in [3.63, 3.8) is 0 Å². The molecule has 16 aromatic carbocycles. The number of ether oxygens (including phenoxy) is 2. The van der Waals surface area contributed by atoms with Crippen molar-refractivity contribution in [1.82, 2.24) is 0 Å². The summed E-state index contributed by atoms with van der Waals surface area (Å²) in [5, 5.41) is 5.27. The lowest BCUT2D eigenvalue weighted by atomic mass is 9.81. The Kier molecular flexibility index (Phi) is 27.0. The Labute approximate surface area is 774 Å². The molecule has 2 nitrogen and oxygen atoms in total. The van der Waals surface area contributed by atoms with Crippen LogP contribution in [0.2, 0.25) is 0 Å². The first kappa shape index (κ1) is 91.1. The summed E-state index contributed by atoms with van der Waals surface area (Å²) in [6, 6.07) is 113. The van der Waals surface area contributed by atoms with Crippen LogP contribution in [0.25, 0.3) is 88.3 Å². The van der Waals surface area contributed by atoms with Crippen molar-refractivity contribution in [3.05, 3.63) is 449 Å². The van der Waals surface area contributed by atoms with Gasteiger partial charge in [-0.05, 0) is 275 Å². The average molecular weight is 1710 g/mol. The zero-order chi connectivity index (χ0) is 91.7. The fraction of sp³-hybridized carbons (Fsp3) is 0.270. The van der Waals surface area contributed by atoms with Gasteiger partial charge in [0.15, 0.2) is 0 Å². The van der Waals surface area contributed by atoms with E-state index in [1.54, 1.807) is 24.3 Å². The molecule has 0 radical (unpaired) electrons. The normalized spacial score (nSPS) is 16.7. The molecule has 16 aromatic rings. The molecule has 0 saturated carbocycles. The maximum Gasteiger partial charge on any atom is 0.299 e. The number of alkyl halides is 2. The summed E-state index contributed by atoms with van der Waals surface area (Å²) in [4.78, 5) is 0. The van der Waals surface area contributed by atoms with E-state index < -0.39 is 5.92 Å². The van der Waals surface area contributed by atoms with Crippen LogP contribution >= 0.6 is 0 Å². The summed E-state index contributed by atoms with van der Waals surface area (Å²) < 4.78 is 39.7. The lowest BCUT2D eigenvalue weighted by Gasteiger charge is -2.22. The van der Waals surface area contributed by atoms with E-state index in [0.717, 1.165) is 30.8 Å². The molecule has 5 aliphatic carbocycles. The molecule has 0 amide bonds. The van der Waals surface area contributed by atoms with Crippen molar-refractivity contribution in [2.24, 2.45) is 11.8 Å². The molecule has 4 heteroatoms. The van der Waals surface area contributed by atoms with Gasteiger partial charge in [0.25, 0.3) is 5.92 Å². The van der Waals surface area contributed by atoms with Crippen LogP contribution in [0.3, 0.4) is 0 Å². The molecule has 6 atom stereocenters. The van der Waals surface area contributed by atoms with Gasteiger partial charge in [-0.2, -0.15) is 8.78 Å². The lowest BCUT2D eigenvalue weighted by molar-refractivity contribution is 0.0479. The zero-order valence-corrected chi connectivity index (χ0v) is 80.0.